The molecule has 21 heavy (non-hydrogen) atoms. The van der Waals surface area contributed by atoms with E-state index in [9.17, 15) is 4.79 Å². The van der Waals surface area contributed by atoms with Crippen LogP contribution in [-0.4, -0.2) is 22.1 Å². The third kappa shape index (κ3) is 3.22. The van der Waals surface area contributed by atoms with Gasteiger partial charge in [0.1, 0.15) is 3.70 Å². The molecule has 1 aliphatic carbocycles. The molecule has 1 fully saturated rings. The molecule has 1 amide bonds. The van der Waals surface area contributed by atoms with E-state index < -0.39 is 0 Å². The van der Waals surface area contributed by atoms with Crippen molar-refractivity contribution in [1.82, 2.24) is 15.5 Å². The van der Waals surface area contributed by atoms with Crippen molar-refractivity contribution in [1.29, 1.82) is 0 Å². The molecule has 1 aromatic heterocycles. The Kier molecular flexibility index (Phi) is 4.47. The molecule has 1 atom stereocenters. The van der Waals surface area contributed by atoms with Crippen molar-refractivity contribution < 1.29 is 4.79 Å². The van der Waals surface area contributed by atoms with E-state index >= 15 is 0 Å². The van der Waals surface area contributed by atoms with Crippen LogP contribution < -0.4 is 5.32 Å². The third-order valence-corrected chi connectivity index (χ3v) is 5.31. The van der Waals surface area contributed by atoms with Crippen molar-refractivity contribution in [2.45, 2.75) is 45.1 Å². The molecule has 0 saturated heterocycles. The monoisotopic (exact) mass is 397 g/mol. The fourth-order valence-electron chi connectivity index (χ4n) is 3.16. The minimum atomic E-state index is 0.0203. The topological polar surface area (TPSA) is 57.8 Å². The summed E-state index contributed by atoms with van der Waals surface area (Å²) in [6.07, 6.45) is 6.40. The zero-order valence-electron chi connectivity index (χ0n) is 12.2. The molecule has 5 heteroatoms. The van der Waals surface area contributed by atoms with Crippen LogP contribution in [0.1, 0.15) is 49.4 Å². The fourth-order valence-corrected chi connectivity index (χ4v) is 3.71. The number of nitrogens with one attached hydrogen (secondary N) is 2. The second-order valence-electron chi connectivity index (χ2n) is 5.93. The smallest absolute Gasteiger partial charge is 0.251 e. The van der Waals surface area contributed by atoms with Crippen LogP contribution in [0.25, 0.3) is 10.9 Å². The van der Waals surface area contributed by atoms with Crippen LogP contribution in [0.5, 0.6) is 0 Å². The van der Waals surface area contributed by atoms with Gasteiger partial charge in [-0.15, -0.1) is 0 Å². The van der Waals surface area contributed by atoms with Gasteiger partial charge in [-0.2, -0.15) is 5.10 Å². The molecular weight excluding hydrogens is 377 g/mol. The number of carbonyl (C=O) groups excluding carboxylic acids is 1. The summed E-state index contributed by atoms with van der Waals surface area (Å²) in [5.74, 6) is 0.646. The number of rotatable bonds is 3. The Morgan fingerprint density at radius 1 is 1.38 bits per heavy atom. The van der Waals surface area contributed by atoms with Gasteiger partial charge in [0.2, 0.25) is 0 Å². The van der Waals surface area contributed by atoms with Crippen molar-refractivity contribution in [3.8, 4) is 0 Å². The maximum absolute atomic E-state index is 12.4. The van der Waals surface area contributed by atoms with Crippen LogP contribution in [0, 0.1) is 9.62 Å². The largest absolute Gasteiger partial charge is 0.349 e. The van der Waals surface area contributed by atoms with Gasteiger partial charge in [0.05, 0.1) is 5.52 Å². The Morgan fingerprint density at radius 3 is 2.90 bits per heavy atom. The Balaban J connectivity index is 1.72. The number of benzene rings is 1. The molecule has 4 nitrogen and oxygen atoms in total. The summed E-state index contributed by atoms with van der Waals surface area (Å²) in [6.45, 7) is 2.13. The van der Waals surface area contributed by atoms with Crippen molar-refractivity contribution in [3.63, 3.8) is 0 Å². The van der Waals surface area contributed by atoms with Gasteiger partial charge >= 0.3 is 0 Å². The zero-order valence-corrected chi connectivity index (χ0v) is 14.3. The second-order valence-corrected chi connectivity index (χ2v) is 7.01. The predicted molar refractivity (Wildman–Crippen MR) is 92.3 cm³/mol. The molecule has 3 rings (SSSR count). The molecule has 0 aliphatic heterocycles. The highest BCUT2D eigenvalue weighted by Crippen LogP contribution is 2.26. The number of H-pyrrole nitrogens is 1. The molecule has 1 heterocycles. The van der Waals surface area contributed by atoms with Crippen molar-refractivity contribution in [2.75, 3.05) is 0 Å². The van der Waals surface area contributed by atoms with E-state index in [0.717, 1.165) is 14.6 Å². The quantitative estimate of drug-likeness (QED) is 0.773. The molecular formula is C16H20IN3O. The van der Waals surface area contributed by atoms with E-state index in [4.69, 9.17) is 0 Å². The molecule has 0 spiro atoms. The molecule has 2 aromatic rings. The highest BCUT2D eigenvalue weighted by molar-refractivity contribution is 14.1. The van der Waals surface area contributed by atoms with Crippen LogP contribution in [0.3, 0.4) is 0 Å². The Morgan fingerprint density at radius 2 is 2.14 bits per heavy atom. The summed E-state index contributed by atoms with van der Waals surface area (Å²) in [5, 5.41) is 11.3. The van der Waals surface area contributed by atoms with E-state index in [1.54, 1.807) is 0 Å². The van der Waals surface area contributed by atoms with Crippen LogP contribution in [0.4, 0.5) is 0 Å². The summed E-state index contributed by atoms with van der Waals surface area (Å²) in [6, 6.07) is 5.91. The van der Waals surface area contributed by atoms with Gasteiger partial charge < -0.3 is 5.32 Å². The third-order valence-electron chi connectivity index (χ3n) is 4.49. The standard InChI is InChI=1S/C16H20IN3O/c1-10(11-5-3-2-4-6-11)18-16(21)12-7-8-14-13(9-12)15(17)20-19-14/h7-11H,2-6H2,1H3,(H,18,21)(H,19,20). The number of hydrogen-bond acceptors (Lipinski definition) is 2. The van der Waals surface area contributed by atoms with Crippen LogP contribution in [0.15, 0.2) is 18.2 Å². The first-order valence-corrected chi connectivity index (χ1v) is 8.67. The molecule has 1 aliphatic rings. The van der Waals surface area contributed by atoms with E-state index in [1.807, 2.05) is 18.2 Å². The van der Waals surface area contributed by atoms with E-state index in [-0.39, 0.29) is 11.9 Å². The first-order valence-electron chi connectivity index (χ1n) is 7.59. The number of aromatic nitrogens is 2. The minimum absolute atomic E-state index is 0.0203. The van der Waals surface area contributed by atoms with Gasteiger partial charge in [0.25, 0.3) is 5.91 Å². The summed E-state index contributed by atoms with van der Waals surface area (Å²) >= 11 is 2.20. The first-order chi connectivity index (χ1) is 10.1. The lowest BCUT2D eigenvalue weighted by Gasteiger charge is -2.28. The van der Waals surface area contributed by atoms with Gasteiger partial charge in [-0.3, -0.25) is 9.89 Å². The summed E-state index contributed by atoms with van der Waals surface area (Å²) in [5.41, 5.74) is 1.61. The second kappa shape index (κ2) is 6.34. The molecule has 0 radical (unpaired) electrons. The Hall–Kier alpha value is -1.11. The molecule has 0 bridgehead atoms. The lowest BCUT2D eigenvalue weighted by atomic mass is 9.84. The average Bonchev–Trinajstić information content (AvgIpc) is 2.89. The van der Waals surface area contributed by atoms with Crippen molar-refractivity contribution >= 4 is 39.4 Å². The highest BCUT2D eigenvalue weighted by atomic mass is 127. The Bertz CT molecular complexity index is 646. The average molecular weight is 397 g/mol. The normalized spacial score (nSPS) is 17.8. The number of carbonyl (C=O) groups is 1. The number of nitrogens with zero attached hydrogens (tertiary/aromatic N) is 1. The maximum Gasteiger partial charge on any atom is 0.251 e. The number of hydrogen-bond donors (Lipinski definition) is 2. The lowest BCUT2D eigenvalue weighted by Crippen LogP contribution is -2.38. The number of halogens is 1. The van der Waals surface area contributed by atoms with Gasteiger partial charge in [0.15, 0.2) is 0 Å². The molecule has 2 N–H and O–H groups in total. The van der Waals surface area contributed by atoms with Gasteiger partial charge in [-0.05, 0) is 66.5 Å². The van der Waals surface area contributed by atoms with Crippen molar-refractivity contribution in [2.24, 2.45) is 5.92 Å². The van der Waals surface area contributed by atoms with Gasteiger partial charge in [-0.25, -0.2) is 0 Å². The van der Waals surface area contributed by atoms with Crippen LogP contribution in [0.2, 0.25) is 0 Å². The zero-order chi connectivity index (χ0) is 14.8. The van der Waals surface area contributed by atoms with Crippen LogP contribution >= 0.6 is 22.6 Å². The number of fused-ring (bicyclic) bond motifs is 1. The first kappa shape index (κ1) is 14.8. The SMILES string of the molecule is CC(NC(=O)c1ccc2n[nH]c(I)c2c1)C1CCCCC1. The minimum Gasteiger partial charge on any atom is -0.349 e. The number of amides is 1. The Labute approximate surface area is 138 Å². The fraction of sp³-hybridized carbons (Fsp3) is 0.500. The van der Waals surface area contributed by atoms with E-state index in [1.165, 1.54) is 32.1 Å². The van der Waals surface area contributed by atoms with Gasteiger partial charge in [0, 0.05) is 17.0 Å². The molecule has 1 unspecified atom stereocenters. The molecule has 1 aromatic carbocycles. The summed E-state index contributed by atoms with van der Waals surface area (Å²) in [4.78, 5) is 12.4. The lowest BCUT2D eigenvalue weighted by molar-refractivity contribution is 0.0919. The number of aromatic amines is 1. The molecule has 112 valence electrons. The van der Waals surface area contributed by atoms with Crippen molar-refractivity contribution in [3.05, 3.63) is 27.5 Å². The maximum atomic E-state index is 12.4. The predicted octanol–water partition coefficient (Wildman–Crippen LogP) is 3.87. The molecule has 1 saturated carbocycles. The van der Waals surface area contributed by atoms with E-state index in [0.29, 0.717) is 11.5 Å². The summed E-state index contributed by atoms with van der Waals surface area (Å²) < 4.78 is 0.970. The summed E-state index contributed by atoms with van der Waals surface area (Å²) in [7, 11) is 0. The highest BCUT2D eigenvalue weighted by Gasteiger charge is 2.22. The van der Waals surface area contributed by atoms with Crippen LogP contribution in [-0.2, 0) is 0 Å². The van der Waals surface area contributed by atoms with Gasteiger partial charge in [-0.1, -0.05) is 19.3 Å². The van der Waals surface area contributed by atoms with E-state index in [2.05, 4.69) is 45.0 Å².